The van der Waals surface area contributed by atoms with Gasteiger partial charge in [-0.3, -0.25) is 9.78 Å². The molecule has 1 heterocycles. The maximum Gasteiger partial charge on any atom is 0.312 e. The number of halogens is 1. The molecule has 2 aromatic rings. The van der Waals surface area contributed by atoms with Crippen LogP contribution in [0.4, 0.5) is 4.39 Å². The van der Waals surface area contributed by atoms with Crippen molar-refractivity contribution in [3.8, 4) is 0 Å². The number of pyridine rings is 1. The average molecular weight is 259 g/mol. The molecule has 4 heteroatoms. The highest BCUT2D eigenvalue weighted by Gasteiger charge is 2.21. The van der Waals surface area contributed by atoms with Crippen LogP contribution in [0, 0.1) is 12.7 Å². The van der Waals surface area contributed by atoms with Crippen LogP contribution in [0.15, 0.2) is 42.6 Å². The third-order valence-electron chi connectivity index (χ3n) is 2.92. The van der Waals surface area contributed by atoms with E-state index < -0.39 is 11.9 Å². The van der Waals surface area contributed by atoms with Gasteiger partial charge in [-0.1, -0.05) is 12.1 Å². The topological polar surface area (TPSA) is 50.2 Å². The second kappa shape index (κ2) is 5.61. The first-order chi connectivity index (χ1) is 9.06. The van der Waals surface area contributed by atoms with E-state index in [-0.39, 0.29) is 12.2 Å². The van der Waals surface area contributed by atoms with Gasteiger partial charge >= 0.3 is 5.97 Å². The molecule has 1 aromatic heterocycles. The van der Waals surface area contributed by atoms with E-state index in [1.54, 1.807) is 24.4 Å². The van der Waals surface area contributed by atoms with Crippen molar-refractivity contribution < 1.29 is 14.3 Å². The number of carbonyl (C=O) groups is 1. The van der Waals surface area contributed by atoms with E-state index in [1.807, 2.05) is 13.0 Å². The van der Waals surface area contributed by atoms with Gasteiger partial charge in [-0.15, -0.1) is 0 Å². The molecule has 0 spiro atoms. The van der Waals surface area contributed by atoms with Gasteiger partial charge in [-0.2, -0.15) is 0 Å². The lowest BCUT2D eigenvalue weighted by atomic mass is 9.95. The zero-order valence-electron chi connectivity index (χ0n) is 10.5. The lowest BCUT2D eigenvalue weighted by Gasteiger charge is -2.12. The number of carboxylic acids is 1. The fraction of sp³-hybridized carbons (Fsp3) is 0.200. The van der Waals surface area contributed by atoms with E-state index in [0.29, 0.717) is 11.3 Å². The van der Waals surface area contributed by atoms with Crippen LogP contribution in [0.25, 0.3) is 0 Å². The van der Waals surface area contributed by atoms with Crippen LogP contribution in [0.2, 0.25) is 0 Å². The van der Waals surface area contributed by atoms with Gasteiger partial charge < -0.3 is 5.11 Å². The second-order valence-electron chi connectivity index (χ2n) is 4.48. The number of hydrogen-bond donors (Lipinski definition) is 1. The van der Waals surface area contributed by atoms with Crippen molar-refractivity contribution in [3.63, 3.8) is 0 Å². The third-order valence-corrected chi connectivity index (χ3v) is 2.92. The lowest BCUT2D eigenvalue weighted by molar-refractivity contribution is -0.138. The lowest BCUT2D eigenvalue weighted by Crippen LogP contribution is -2.16. The van der Waals surface area contributed by atoms with Crippen molar-refractivity contribution >= 4 is 5.97 Å². The zero-order valence-corrected chi connectivity index (χ0v) is 10.5. The molecular weight excluding hydrogens is 245 g/mol. The molecule has 0 bridgehead atoms. The van der Waals surface area contributed by atoms with E-state index in [1.165, 1.54) is 12.1 Å². The van der Waals surface area contributed by atoms with Gasteiger partial charge in [0, 0.05) is 6.20 Å². The standard InChI is InChI=1S/C15H14FNO2/c1-10-5-6-17-14(7-10)13(15(18)19)9-11-3-2-4-12(16)8-11/h2-8,13H,9H2,1H3,(H,18,19). The molecule has 0 fully saturated rings. The maximum absolute atomic E-state index is 13.1. The summed E-state index contributed by atoms with van der Waals surface area (Å²) < 4.78 is 13.1. The van der Waals surface area contributed by atoms with Crippen LogP contribution in [0.3, 0.4) is 0 Å². The Balaban J connectivity index is 2.29. The summed E-state index contributed by atoms with van der Waals surface area (Å²) in [5, 5.41) is 9.31. The van der Waals surface area contributed by atoms with Crippen molar-refractivity contribution in [2.75, 3.05) is 0 Å². The minimum Gasteiger partial charge on any atom is -0.481 e. The van der Waals surface area contributed by atoms with Crippen LogP contribution in [-0.2, 0) is 11.2 Å². The molecule has 0 amide bonds. The predicted octanol–water partition coefficient (Wildman–Crippen LogP) is 2.94. The number of aryl methyl sites for hydroxylation is 1. The maximum atomic E-state index is 13.1. The fourth-order valence-corrected chi connectivity index (χ4v) is 1.97. The molecule has 1 N–H and O–H groups in total. The first kappa shape index (κ1) is 13.2. The van der Waals surface area contributed by atoms with Crippen LogP contribution in [-0.4, -0.2) is 16.1 Å². The van der Waals surface area contributed by atoms with Crippen LogP contribution in [0.5, 0.6) is 0 Å². The van der Waals surface area contributed by atoms with E-state index in [0.717, 1.165) is 5.56 Å². The summed E-state index contributed by atoms with van der Waals surface area (Å²) in [6.07, 6.45) is 1.82. The largest absolute Gasteiger partial charge is 0.481 e. The number of carboxylic acid groups (broad SMARTS) is 1. The summed E-state index contributed by atoms with van der Waals surface area (Å²) in [6.45, 7) is 1.88. The van der Waals surface area contributed by atoms with Gasteiger partial charge in [0.2, 0.25) is 0 Å². The van der Waals surface area contributed by atoms with Gasteiger partial charge in [0.25, 0.3) is 0 Å². The Hall–Kier alpha value is -2.23. The Morgan fingerprint density at radius 2 is 2.16 bits per heavy atom. The summed E-state index contributed by atoms with van der Waals surface area (Å²) >= 11 is 0. The van der Waals surface area contributed by atoms with E-state index >= 15 is 0 Å². The first-order valence-electron chi connectivity index (χ1n) is 5.96. The van der Waals surface area contributed by atoms with Crippen molar-refractivity contribution in [2.24, 2.45) is 0 Å². The summed E-state index contributed by atoms with van der Waals surface area (Å²) in [5.74, 6) is -2.08. The molecule has 0 saturated carbocycles. The molecule has 0 aliphatic heterocycles. The monoisotopic (exact) mass is 259 g/mol. The number of aromatic nitrogens is 1. The third kappa shape index (κ3) is 3.37. The second-order valence-corrected chi connectivity index (χ2v) is 4.48. The Morgan fingerprint density at radius 3 is 2.79 bits per heavy atom. The van der Waals surface area contributed by atoms with Gasteiger partial charge in [-0.05, 0) is 48.7 Å². The number of benzene rings is 1. The number of rotatable bonds is 4. The molecule has 1 aromatic carbocycles. The molecule has 2 rings (SSSR count). The van der Waals surface area contributed by atoms with Crippen molar-refractivity contribution in [1.82, 2.24) is 4.98 Å². The smallest absolute Gasteiger partial charge is 0.312 e. The van der Waals surface area contributed by atoms with E-state index in [9.17, 15) is 14.3 Å². The molecule has 0 aliphatic rings. The summed E-state index contributed by atoms with van der Waals surface area (Å²) in [5.41, 5.74) is 2.10. The SMILES string of the molecule is Cc1ccnc(C(Cc2cccc(F)c2)C(=O)O)c1. The molecule has 1 atom stereocenters. The van der Waals surface area contributed by atoms with Crippen LogP contribution >= 0.6 is 0 Å². The fourth-order valence-electron chi connectivity index (χ4n) is 1.97. The summed E-state index contributed by atoms with van der Waals surface area (Å²) in [4.78, 5) is 15.5. The highest BCUT2D eigenvalue weighted by molar-refractivity contribution is 5.75. The van der Waals surface area contributed by atoms with E-state index in [4.69, 9.17) is 0 Å². The molecule has 0 radical (unpaired) electrons. The molecule has 19 heavy (non-hydrogen) atoms. The highest BCUT2D eigenvalue weighted by atomic mass is 19.1. The zero-order chi connectivity index (χ0) is 13.8. The molecular formula is C15H14FNO2. The van der Waals surface area contributed by atoms with Gasteiger partial charge in [0.05, 0.1) is 5.69 Å². The van der Waals surface area contributed by atoms with Crippen molar-refractivity contribution in [3.05, 3.63) is 65.2 Å². The van der Waals surface area contributed by atoms with Gasteiger partial charge in [-0.25, -0.2) is 4.39 Å². The Morgan fingerprint density at radius 1 is 1.37 bits per heavy atom. The van der Waals surface area contributed by atoms with Crippen molar-refractivity contribution in [1.29, 1.82) is 0 Å². The number of nitrogens with zero attached hydrogens (tertiary/aromatic N) is 1. The average Bonchev–Trinajstić information content (AvgIpc) is 2.35. The quantitative estimate of drug-likeness (QED) is 0.918. The van der Waals surface area contributed by atoms with E-state index in [2.05, 4.69) is 4.98 Å². The van der Waals surface area contributed by atoms with Crippen molar-refractivity contribution in [2.45, 2.75) is 19.3 Å². The molecule has 0 saturated heterocycles. The molecule has 3 nitrogen and oxygen atoms in total. The molecule has 98 valence electrons. The molecule has 1 unspecified atom stereocenters. The van der Waals surface area contributed by atoms with Crippen LogP contribution < -0.4 is 0 Å². The minimum absolute atomic E-state index is 0.226. The Labute approximate surface area is 110 Å². The minimum atomic E-state index is -0.956. The van der Waals surface area contributed by atoms with Crippen LogP contribution in [0.1, 0.15) is 22.7 Å². The Bertz CT molecular complexity index is 598. The number of aliphatic carboxylic acids is 1. The number of hydrogen-bond acceptors (Lipinski definition) is 2. The predicted molar refractivity (Wildman–Crippen MR) is 69.5 cm³/mol. The highest BCUT2D eigenvalue weighted by Crippen LogP contribution is 2.20. The summed E-state index contributed by atoms with van der Waals surface area (Å²) in [7, 11) is 0. The Kier molecular flexibility index (Phi) is 3.90. The first-order valence-corrected chi connectivity index (χ1v) is 5.96. The molecule has 0 aliphatic carbocycles. The van der Waals surface area contributed by atoms with Gasteiger partial charge in [0.15, 0.2) is 0 Å². The van der Waals surface area contributed by atoms with Gasteiger partial charge in [0.1, 0.15) is 11.7 Å². The normalized spacial score (nSPS) is 12.1. The summed E-state index contributed by atoms with van der Waals surface area (Å²) in [6, 6.07) is 9.54.